The number of hydrogen-bond acceptors (Lipinski definition) is 30. The second kappa shape index (κ2) is 40.1. The number of rotatable bonds is 43. The van der Waals surface area contributed by atoms with Crippen LogP contribution in [0.3, 0.4) is 0 Å². The molecule has 31 nitrogen and oxygen atoms in total. The molecule has 31 heteroatoms. The first-order valence-corrected chi connectivity index (χ1v) is 24.5. The van der Waals surface area contributed by atoms with Gasteiger partial charge in [-0.1, -0.05) is 45.0 Å². The molecule has 0 amide bonds. The summed E-state index contributed by atoms with van der Waals surface area (Å²) in [5.41, 5.74) is -4.25. The number of aliphatic hydroxyl groups excluding tert-OH is 1. The third-order valence-corrected chi connectivity index (χ3v) is 10.7. The van der Waals surface area contributed by atoms with Gasteiger partial charge in [0.05, 0.1) is 48.9 Å². The number of allylic oxidation sites excluding steroid dienone is 2. The van der Waals surface area contributed by atoms with Crippen molar-refractivity contribution in [2.45, 2.75) is 19.3 Å². The number of carbonyl (C=O) groups is 14. The van der Waals surface area contributed by atoms with Crippen LogP contribution in [0.5, 0.6) is 0 Å². The van der Waals surface area contributed by atoms with Crippen LogP contribution in [0, 0.1) is 22.7 Å². The molecule has 83 heavy (non-hydrogen) atoms. The smallest absolute Gasteiger partial charge is 0.344 e. The van der Waals surface area contributed by atoms with Crippen molar-refractivity contribution >= 4 is 83.6 Å². The van der Waals surface area contributed by atoms with Crippen molar-refractivity contribution in [3.63, 3.8) is 0 Å². The Hall–Kier alpha value is -9.10. The van der Waals surface area contributed by atoms with Crippen LogP contribution >= 0.6 is 0 Å². The number of carboxylic acids is 1. The second-order valence-electron chi connectivity index (χ2n) is 17.2. The van der Waals surface area contributed by atoms with E-state index >= 15 is 0 Å². The summed E-state index contributed by atoms with van der Waals surface area (Å²) in [4.78, 5) is 175. The number of aliphatic carboxylic acids is 1. The molecule has 458 valence electrons. The SMILES string of the molecule is C=CC(=O)OCC(=O)OCC(COCC(COC(=O)COC(=O)C=C)(COC(=O)COC(=O)C=C)COC(=O)COC(=O)CCN(CCO)CCOC(=O)C1CC=CCC1C(=O)O)(COC(=O)COC(=O)C=C)COC(=O)COC(=O)C=C. The topological polar surface area (TPSA) is 412 Å². The van der Waals surface area contributed by atoms with E-state index in [2.05, 4.69) is 47.1 Å². The molecule has 1 rings (SSSR count). The Morgan fingerprint density at radius 1 is 0.410 bits per heavy atom. The van der Waals surface area contributed by atoms with E-state index in [9.17, 15) is 77.3 Å². The minimum Gasteiger partial charge on any atom is -0.481 e. The van der Waals surface area contributed by atoms with Crippen molar-refractivity contribution in [1.82, 2.24) is 4.90 Å². The Bertz CT molecular complexity index is 2230. The third-order valence-electron chi connectivity index (χ3n) is 10.7. The number of nitrogens with zero attached hydrogens (tertiary/aromatic N) is 1. The van der Waals surface area contributed by atoms with E-state index in [1.165, 1.54) is 4.90 Å². The van der Waals surface area contributed by atoms with E-state index in [0.29, 0.717) is 12.2 Å². The fraction of sp³-hybridized carbons (Fsp3) is 0.500. The van der Waals surface area contributed by atoms with Gasteiger partial charge in [0.2, 0.25) is 0 Å². The van der Waals surface area contributed by atoms with Gasteiger partial charge in [-0.15, -0.1) is 0 Å². The van der Waals surface area contributed by atoms with E-state index in [0.717, 1.165) is 18.2 Å². The number of esters is 13. The lowest BCUT2D eigenvalue weighted by Gasteiger charge is -2.35. The van der Waals surface area contributed by atoms with Crippen molar-refractivity contribution in [3.8, 4) is 0 Å². The van der Waals surface area contributed by atoms with Gasteiger partial charge < -0.3 is 76.5 Å². The lowest BCUT2D eigenvalue weighted by Crippen LogP contribution is -2.48. The maximum absolute atomic E-state index is 13.3. The van der Waals surface area contributed by atoms with E-state index in [-0.39, 0.29) is 39.1 Å². The first-order chi connectivity index (χ1) is 39.5. The largest absolute Gasteiger partial charge is 0.481 e. The van der Waals surface area contributed by atoms with Crippen molar-refractivity contribution in [2.24, 2.45) is 22.7 Å². The Morgan fingerprint density at radius 3 is 1.02 bits per heavy atom. The van der Waals surface area contributed by atoms with Crippen LogP contribution in [-0.2, 0) is 133 Å². The minimum atomic E-state index is -2.14. The molecule has 2 N–H and O–H groups in total. The lowest BCUT2D eigenvalue weighted by molar-refractivity contribution is -0.183. The Balaban J connectivity index is 3.62. The molecule has 0 aliphatic heterocycles. The molecule has 0 heterocycles. The fourth-order valence-electron chi connectivity index (χ4n) is 6.25. The van der Waals surface area contributed by atoms with Gasteiger partial charge in [0.25, 0.3) is 0 Å². The maximum atomic E-state index is 13.3. The molecule has 0 saturated carbocycles. The van der Waals surface area contributed by atoms with E-state index in [1.807, 2.05) is 0 Å². The van der Waals surface area contributed by atoms with Gasteiger partial charge in [-0.25, -0.2) is 52.7 Å². The molecule has 0 spiro atoms. The average molecular weight is 1180 g/mol. The summed E-state index contributed by atoms with van der Waals surface area (Å²) in [6, 6.07) is 0. The van der Waals surface area contributed by atoms with Gasteiger partial charge in [-0.05, 0) is 12.8 Å². The molecule has 0 fully saturated rings. The molecule has 2 atom stereocenters. The van der Waals surface area contributed by atoms with Gasteiger partial charge in [-0.3, -0.25) is 19.3 Å². The van der Waals surface area contributed by atoms with Gasteiger partial charge in [0.1, 0.15) is 46.2 Å². The highest BCUT2D eigenvalue weighted by Gasteiger charge is 2.42. The van der Waals surface area contributed by atoms with Crippen molar-refractivity contribution in [1.29, 1.82) is 0 Å². The summed E-state index contributed by atoms with van der Waals surface area (Å²) in [7, 11) is 0. The summed E-state index contributed by atoms with van der Waals surface area (Å²) in [5, 5.41) is 19.1. The van der Waals surface area contributed by atoms with Crippen LogP contribution in [-0.4, -0.2) is 224 Å². The van der Waals surface area contributed by atoms with E-state index in [4.69, 9.17) is 52.1 Å². The average Bonchev–Trinajstić information content (AvgIpc) is 3.58. The Labute approximate surface area is 473 Å². The number of ether oxygens (including phenoxy) is 14. The molecule has 0 radical (unpaired) electrons. The molecule has 1 aliphatic carbocycles. The van der Waals surface area contributed by atoms with E-state index in [1.54, 1.807) is 12.2 Å². The zero-order valence-electron chi connectivity index (χ0n) is 45.1. The molecule has 0 bridgehead atoms. The monoisotopic (exact) mass is 1180 g/mol. The molecule has 0 saturated heterocycles. The zero-order valence-corrected chi connectivity index (χ0v) is 45.1. The van der Waals surface area contributed by atoms with Crippen LogP contribution < -0.4 is 0 Å². The number of carboxylic acid groups (broad SMARTS) is 1. The number of aliphatic hydroxyl groups is 1. The molecule has 0 aromatic heterocycles. The highest BCUT2D eigenvalue weighted by atomic mass is 16.6. The van der Waals surface area contributed by atoms with Crippen molar-refractivity contribution in [2.75, 3.05) is 125 Å². The van der Waals surface area contributed by atoms with Crippen LogP contribution in [0.25, 0.3) is 0 Å². The molecular formula is C52H65NO30. The standard InChI is InChI=1S/C52H65NO30/c1-6-37(55)72-21-43(61)78-29-51(30-79-44(62)22-73-38(56)7-2,31-80-45(63)23-74-39(57)8-3)27-70-28-52(32-81-46(64)24-75-40(58)9-4,33-82-47(65)25-76-41(59)10-5)34-83-48(66)26-77-42(60)15-16-53(17-19-54)18-20-71-50(69)36-14-12-11-13-35(36)49(67)68/h6-12,35-36,54H,1-5,13-34H2,(H,67,68). The van der Waals surface area contributed by atoms with Crippen LogP contribution in [0.15, 0.2) is 75.4 Å². The lowest BCUT2D eigenvalue weighted by atomic mass is 9.83. The Kier molecular flexibility index (Phi) is 34.8. The quantitative estimate of drug-likeness (QED) is 0.0298. The van der Waals surface area contributed by atoms with E-state index < -0.39 is 212 Å². The minimum absolute atomic E-state index is 0.00909. The van der Waals surface area contributed by atoms with Crippen molar-refractivity contribution < 1.29 is 144 Å². The molecule has 2 unspecified atom stereocenters. The third kappa shape index (κ3) is 31.5. The molecular weight excluding hydrogens is 1120 g/mol. The highest BCUT2D eigenvalue weighted by Crippen LogP contribution is 2.28. The first-order valence-electron chi connectivity index (χ1n) is 24.5. The van der Waals surface area contributed by atoms with Gasteiger partial charge in [0.15, 0.2) is 39.6 Å². The highest BCUT2D eigenvalue weighted by molar-refractivity contribution is 5.86. The molecule has 1 aliphatic rings. The number of hydrogen-bond donors (Lipinski definition) is 2. The van der Waals surface area contributed by atoms with Gasteiger partial charge >= 0.3 is 83.6 Å². The summed E-state index contributed by atoms with van der Waals surface area (Å²) < 4.78 is 71.6. The van der Waals surface area contributed by atoms with Gasteiger partial charge in [0, 0.05) is 50.0 Å². The van der Waals surface area contributed by atoms with Gasteiger partial charge in [-0.2, -0.15) is 0 Å². The predicted molar refractivity (Wildman–Crippen MR) is 270 cm³/mol. The second-order valence-corrected chi connectivity index (χ2v) is 17.2. The van der Waals surface area contributed by atoms with Crippen LogP contribution in [0.2, 0.25) is 0 Å². The predicted octanol–water partition coefficient (Wildman–Crippen LogP) is -1.68. The van der Waals surface area contributed by atoms with Crippen LogP contribution in [0.4, 0.5) is 0 Å². The normalized spacial score (nSPS) is 13.4. The van der Waals surface area contributed by atoms with Crippen LogP contribution in [0.1, 0.15) is 19.3 Å². The summed E-state index contributed by atoms with van der Waals surface area (Å²) >= 11 is 0. The first kappa shape index (κ1) is 71.9. The zero-order chi connectivity index (χ0) is 62.2. The Morgan fingerprint density at radius 2 is 0.723 bits per heavy atom. The molecule has 0 aromatic rings. The maximum Gasteiger partial charge on any atom is 0.344 e. The molecule has 0 aromatic carbocycles. The fourth-order valence-corrected chi connectivity index (χ4v) is 6.25. The summed E-state index contributed by atoms with van der Waals surface area (Å²) in [6.07, 6.45) is 6.79. The summed E-state index contributed by atoms with van der Waals surface area (Å²) in [6.45, 7) is 1.17. The number of carbonyl (C=O) groups excluding carboxylic acids is 13. The summed E-state index contributed by atoms with van der Waals surface area (Å²) in [5.74, 6) is -17.7. The van der Waals surface area contributed by atoms with Crippen molar-refractivity contribution in [3.05, 3.63) is 75.4 Å².